The lowest BCUT2D eigenvalue weighted by Crippen LogP contribution is -2.36. The maximum Gasteiger partial charge on any atom is 0.287 e. The second kappa shape index (κ2) is 12.5. The third-order valence-corrected chi connectivity index (χ3v) is 6.25. The summed E-state index contributed by atoms with van der Waals surface area (Å²) < 4.78 is 13.1. The van der Waals surface area contributed by atoms with Crippen LogP contribution in [0.15, 0.2) is 40.2 Å². The highest BCUT2D eigenvalue weighted by molar-refractivity contribution is 7.98. The first-order chi connectivity index (χ1) is 14.7. The minimum absolute atomic E-state index is 0.00517. The first kappa shape index (κ1) is 25.8. The van der Waals surface area contributed by atoms with Gasteiger partial charge in [0.2, 0.25) is 0 Å². The van der Waals surface area contributed by atoms with Crippen LogP contribution in [-0.2, 0) is 16.0 Å². The Morgan fingerprint density at radius 3 is 2.52 bits per heavy atom. The van der Waals surface area contributed by atoms with Crippen molar-refractivity contribution in [1.82, 2.24) is 9.78 Å². The summed E-state index contributed by atoms with van der Waals surface area (Å²) in [4.78, 5) is 13.2. The lowest BCUT2D eigenvalue weighted by Gasteiger charge is -2.21. The second-order valence-electron chi connectivity index (χ2n) is 8.71. The van der Waals surface area contributed by atoms with Crippen molar-refractivity contribution in [2.45, 2.75) is 82.6 Å². The number of hydrogen-bond acceptors (Lipinski definition) is 5. The van der Waals surface area contributed by atoms with Crippen LogP contribution in [-0.4, -0.2) is 29.1 Å². The van der Waals surface area contributed by atoms with E-state index < -0.39 is 5.54 Å². The third kappa shape index (κ3) is 8.51. The molecule has 0 N–H and O–H groups in total. The van der Waals surface area contributed by atoms with E-state index in [2.05, 4.69) is 12.0 Å². The van der Waals surface area contributed by atoms with Crippen LogP contribution in [0.25, 0.3) is 0 Å². The summed E-state index contributed by atoms with van der Waals surface area (Å²) >= 11 is 7.81. The monoisotopic (exact) mass is 466 g/mol. The molecule has 2 rings (SSSR count). The molecule has 7 heteroatoms. The summed E-state index contributed by atoms with van der Waals surface area (Å²) in [5, 5.41) is 4.50. The Hall–Kier alpha value is -1.50. The highest BCUT2D eigenvalue weighted by atomic mass is 35.5. The van der Waals surface area contributed by atoms with Gasteiger partial charge < -0.3 is 9.47 Å². The highest BCUT2D eigenvalue weighted by Crippen LogP contribution is 2.28. The van der Waals surface area contributed by atoms with Crippen LogP contribution >= 0.6 is 23.4 Å². The number of rotatable bonds is 12. The standard InChI is InChI=1S/C24H35ClN2O3S/c1-6-7-8-9-14-29-16-18(2)30-20-12-10-19(11-13-20)17-31-21-15-26-27(24(3,4)5)23(28)22(21)25/h10-13,15,18H,6-9,14,16-17H2,1-5H3. The molecular weight excluding hydrogens is 432 g/mol. The Morgan fingerprint density at radius 2 is 1.87 bits per heavy atom. The summed E-state index contributed by atoms with van der Waals surface area (Å²) in [6.45, 7) is 11.4. The number of ether oxygens (including phenoxy) is 2. The van der Waals surface area contributed by atoms with Gasteiger partial charge in [-0.25, -0.2) is 4.68 Å². The van der Waals surface area contributed by atoms with Crippen LogP contribution in [0.4, 0.5) is 0 Å². The summed E-state index contributed by atoms with van der Waals surface area (Å²) in [7, 11) is 0. The van der Waals surface area contributed by atoms with Gasteiger partial charge in [0, 0.05) is 12.4 Å². The Kier molecular flexibility index (Phi) is 10.4. The number of thioether (sulfide) groups is 1. The molecule has 1 atom stereocenters. The molecule has 1 aromatic carbocycles. The van der Waals surface area contributed by atoms with Gasteiger partial charge in [-0.15, -0.1) is 11.8 Å². The molecule has 1 heterocycles. The predicted octanol–water partition coefficient (Wildman–Crippen LogP) is 6.31. The topological polar surface area (TPSA) is 53.4 Å². The van der Waals surface area contributed by atoms with E-state index in [0.29, 0.717) is 17.3 Å². The molecule has 0 aliphatic rings. The normalized spacial score (nSPS) is 12.7. The number of benzene rings is 1. The van der Waals surface area contributed by atoms with Gasteiger partial charge in [-0.05, 0) is 51.8 Å². The molecule has 0 spiro atoms. The Bertz CT molecular complexity index is 863. The zero-order valence-electron chi connectivity index (χ0n) is 19.3. The fourth-order valence-corrected chi connectivity index (χ4v) is 4.11. The van der Waals surface area contributed by atoms with Gasteiger partial charge in [0.05, 0.1) is 23.2 Å². The minimum atomic E-state index is -0.406. The first-order valence-electron chi connectivity index (χ1n) is 11.0. The van der Waals surface area contributed by atoms with Crippen LogP contribution in [0, 0.1) is 0 Å². The van der Waals surface area contributed by atoms with E-state index in [0.717, 1.165) is 24.3 Å². The summed E-state index contributed by atoms with van der Waals surface area (Å²) in [6, 6.07) is 7.98. The second-order valence-corrected chi connectivity index (χ2v) is 10.1. The number of hydrogen-bond donors (Lipinski definition) is 0. The Labute approximate surface area is 195 Å². The van der Waals surface area contributed by atoms with Crippen molar-refractivity contribution < 1.29 is 9.47 Å². The van der Waals surface area contributed by atoms with E-state index in [1.54, 1.807) is 6.20 Å². The van der Waals surface area contributed by atoms with E-state index in [1.807, 2.05) is 52.0 Å². The van der Waals surface area contributed by atoms with Crippen LogP contribution in [0.2, 0.25) is 5.02 Å². The first-order valence-corrected chi connectivity index (χ1v) is 12.3. The maximum absolute atomic E-state index is 12.5. The molecule has 31 heavy (non-hydrogen) atoms. The summed E-state index contributed by atoms with van der Waals surface area (Å²) in [6.07, 6.45) is 6.51. The summed E-state index contributed by atoms with van der Waals surface area (Å²) in [5.41, 5.74) is 0.453. The highest BCUT2D eigenvalue weighted by Gasteiger charge is 2.19. The zero-order valence-corrected chi connectivity index (χ0v) is 20.9. The lowest BCUT2D eigenvalue weighted by atomic mass is 10.1. The van der Waals surface area contributed by atoms with Crippen molar-refractivity contribution in [3.8, 4) is 5.75 Å². The molecule has 0 aliphatic heterocycles. The fourth-order valence-electron chi connectivity index (χ4n) is 2.97. The molecule has 1 unspecified atom stereocenters. The predicted molar refractivity (Wildman–Crippen MR) is 130 cm³/mol. The largest absolute Gasteiger partial charge is 0.488 e. The maximum atomic E-state index is 12.5. The zero-order chi connectivity index (χ0) is 22.9. The van der Waals surface area contributed by atoms with E-state index in [4.69, 9.17) is 21.1 Å². The van der Waals surface area contributed by atoms with E-state index in [-0.39, 0.29) is 16.7 Å². The SMILES string of the molecule is CCCCCCOCC(C)Oc1ccc(CSc2cnn(C(C)(C)C)c(=O)c2Cl)cc1. The lowest BCUT2D eigenvalue weighted by molar-refractivity contribution is 0.0566. The number of unbranched alkanes of at least 4 members (excludes halogenated alkanes) is 3. The van der Waals surface area contributed by atoms with E-state index in [9.17, 15) is 4.79 Å². The van der Waals surface area contributed by atoms with Crippen LogP contribution in [0.3, 0.4) is 0 Å². The van der Waals surface area contributed by atoms with Crippen molar-refractivity contribution in [3.05, 3.63) is 51.4 Å². The van der Waals surface area contributed by atoms with Crippen molar-refractivity contribution in [3.63, 3.8) is 0 Å². The molecule has 0 saturated carbocycles. The summed E-state index contributed by atoms with van der Waals surface area (Å²) in [5.74, 6) is 1.51. The number of aromatic nitrogens is 2. The molecule has 0 bridgehead atoms. The quantitative estimate of drug-likeness (QED) is 0.271. The van der Waals surface area contributed by atoms with Gasteiger partial charge in [-0.2, -0.15) is 5.10 Å². The Balaban J connectivity index is 1.82. The smallest absolute Gasteiger partial charge is 0.287 e. The van der Waals surface area contributed by atoms with Gasteiger partial charge in [-0.3, -0.25) is 4.79 Å². The minimum Gasteiger partial charge on any atom is -0.488 e. The van der Waals surface area contributed by atoms with Crippen LogP contribution in [0.1, 0.15) is 65.9 Å². The molecule has 0 fully saturated rings. The van der Waals surface area contributed by atoms with Crippen molar-refractivity contribution >= 4 is 23.4 Å². The van der Waals surface area contributed by atoms with Gasteiger partial charge in [0.15, 0.2) is 0 Å². The number of nitrogens with zero attached hydrogens (tertiary/aromatic N) is 2. The molecule has 0 saturated heterocycles. The van der Waals surface area contributed by atoms with Crippen molar-refractivity contribution in [2.75, 3.05) is 13.2 Å². The molecule has 5 nitrogen and oxygen atoms in total. The molecule has 0 aliphatic carbocycles. The molecular formula is C24H35ClN2O3S. The molecule has 1 aromatic heterocycles. The molecule has 172 valence electrons. The fraction of sp³-hybridized carbons (Fsp3) is 0.583. The van der Waals surface area contributed by atoms with Gasteiger partial charge >= 0.3 is 0 Å². The van der Waals surface area contributed by atoms with E-state index >= 15 is 0 Å². The average molecular weight is 467 g/mol. The van der Waals surface area contributed by atoms with Gasteiger partial charge in [0.1, 0.15) is 16.9 Å². The van der Waals surface area contributed by atoms with Crippen molar-refractivity contribution in [1.29, 1.82) is 0 Å². The van der Waals surface area contributed by atoms with Crippen LogP contribution < -0.4 is 10.3 Å². The number of halogens is 1. The van der Waals surface area contributed by atoms with E-state index in [1.165, 1.54) is 35.7 Å². The Morgan fingerprint density at radius 1 is 1.16 bits per heavy atom. The van der Waals surface area contributed by atoms with Gasteiger partial charge in [-0.1, -0.05) is 49.9 Å². The van der Waals surface area contributed by atoms with Gasteiger partial charge in [0.25, 0.3) is 5.56 Å². The molecule has 2 aromatic rings. The third-order valence-electron chi connectivity index (χ3n) is 4.67. The van der Waals surface area contributed by atoms with Crippen LogP contribution in [0.5, 0.6) is 5.75 Å². The van der Waals surface area contributed by atoms with Crippen molar-refractivity contribution in [2.24, 2.45) is 0 Å². The molecule has 0 amide bonds. The average Bonchev–Trinajstić information content (AvgIpc) is 2.72. The molecule has 0 radical (unpaired) electrons.